The number of rotatable bonds is 5. The van der Waals surface area contributed by atoms with Crippen molar-refractivity contribution in [1.82, 2.24) is 10.2 Å². The predicted molar refractivity (Wildman–Crippen MR) is 99.7 cm³/mol. The zero-order chi connectivity index (χ0) is 18.6. The summed E-state index contributed by atoms with van der Waals surface area (Å²) >= 11 is 0. The number of aromatic nitrogens is 2. The second kappa shape index (κ2) is 7.69. The molecule has 0 unspecified atom stereocenters. The Bertz CT molecular complexity index is 860. The fraction of sp³-hybridized carbons (Fsp3) is 0.353. The summed E-state index contributed by atoms with van der Waals surface area (Å²) in [6.45, 7) is 3.28. The molecule has 1 fully saturated rings. The van der Waals surface area contributed by atoms with Crippen molar-refractivity contribution in [2.45, 2.75) is 31.1 Å². The Morgan fingerprint density at radius 1 is 1.00 bits per heavy atom. The molecular weight excluding hydrogens is 354 g/mol. The lowest BCUT2D eigenvalue weighted by Gasteiger charge is -2.27. The first-order valence-corrected chi connectivity index (χ1v) is 9.91. The van der Waals surface area contributed by atoms with Gasteiger partial charge in [0.05, 0.1) is 4.90 Å². The summed E-state index contributed by atoms with van der Waals surface area (Å²) in [7, 11) is -3.78. The molecule has 0 radical (unpaired) electrons. The molecule has 0 saturated carbocycles. The van der Waals surface area contributed by atoms with Crippen LogP contribution in [0.1, 0.15) is 26.2 Å². The number of amides is 1. The van der Waals surface area contributed by atoms with E-state index in [0.29, 0.717) is 5.69 Å². The fourth-order valence-electron chi connectivity index (χ4n) is 2.79. The molecule has 26 heavy (non-hydrogen) atoms. The van der Waals surface area contributed by atoms with Gasteiger partial charge in [-0.15, -0.1) is 10.2 Å². The summed E-state index contributed by atoms with van der Waals surface area (Å²) < 4.78 is 27.3. The minimum atomic E-state index is -3.78. The quantitative estimate of drug-likeness (QED) is 0.830. The number of nitrogens with zero attached hydrogens (tertiary/aromatic N) is 3. The third kappa shape index (κ3) is 4.48. The zero-order valence-electron chi connectivity index (χ0n) is 14.5. The van der Waals surface area contributed by atoms with E-state index in [1.54, 1.807) is 12.1 Å². The third-order valence-electron chi connectivity index (χ3n) is 4.05. The van der Waals surface area contributed by atoms with Gasteiger partial charge >= 0.3 is 0 Å². The van der Waals surface area contributed by atoms with E-state index in [4.69, 9.17) is 0 Å². The largest absolute Gasteiger partial charge is 0.355 e. The number of anilines is 3. The average Bonchev–Trinajstić information content (AvgIpc) is 2.63. The molecule has 1 saturated heterocycles. The van der Waals surface area contributed by atoms with Crippen molar-refractivity contribution >= 4 is 33.3 Å². The van der Waals surface area contributed by atoms with Crippen LogP contribution in [-0.4, -0.2) is 37.6 Å². The molecule has 1 aliphatic rings. The molecule has 2 N–H and O–H groups in total. The molecule has 1 aromatic heterocycles. The molecule has 1 amide bonds. The molecule has 1 aromatic carbocycles. The van der Waals surface area contributed by atoms with Gasteiger partial charge in [-0.25, -0.2) is 8.42 Å². The molecule has 138 valence electrons. The molecule has 0 atom stereocenters. The Hall–Kier alpha value is -2.68. The van der Waals surface area contributed by atoms with Crippen LogP contribution in [0.25, 0.3) is 0 Å². The average molecular weight is 375 g/mol. The van der Waals surface area contributed by atoms with Gasteiger partial charge in [-0.2, -0.15) is 0 Å². The van der Waals surface area contributed by atoms with Crippen LogP contribution in [0.2, 0.25) is 0 Å². The Morgan fingerprint density at radius 3 is 2.27 bits per heavy atom. The highest BCUT2D eigenvalue weighted by Crippen LogP contribution is 2.20. The van der Waals surface area contributed by atoms with Gasteiger partial charge in [0.15, 0.2) is 11.6 Å². The Balaban J connectivity index is 1.69. The molecule has 2 heterocycles. The summed E-state index contributed by atoms with van der Waals surface area (Å²) in [4.78, 5) is 13.2. The van der Waals surface area contributed by atoms with Crippen LogP contribution in [-0.2, 0) is 14.8 Å². The van der Waals surface area contributed by atoms with Gasteiger partial charge in [0, 0.05) is 25.7 Å². The van der Waals surface area contributed by atoms with E-state index in [1.165, 1.54) is 37.6 Å². The summed E-state index contributed by atoms with van der Waals surface area (Å²) in [5.74, 6) is 0.701. The zero-order valence-corrected chi connectivity index (χ0v) is 15.3. The maximum absolute atomic E-state index is 12.4. The summed E-state index contributed by atoms with van der Waals surface area (Å²) in [6.07, 6.45) is 3.48. The van der Waals surface area contributed by atoms with Crippen molar-refractivity contribution < 1.29 is 13.2 Å². The molecular formula is C17H21N5O3S. The van der Waals surface area contributed by atoms with Crippen LogP contribution in [0.4, 0.5) is 17.3 Å². The first kappa shape index (κ1) is 18.1. The number of piperidine rings is 1. The third-order valence-corrected chi connectivity index (χ3v) is 5.43. The maximum atomic E-state index is 12.4. The number of sulfonamides is 1. The number of carbonyl (C=O) groups is 1. The van der Waals surface area contributed by atoms with Gasteiger partial charge in [0.2, 0.25) is 5.91 Å². The second-order valence-corrected chi connectivity index (χ2v) is 7.82. The van der Waals surface area contributed by atoms with Gasteiger partial charge in [-0.1, -0.05) is 0 Å². The number of hydrogen-bond acceptors (Lipinski definition) is 6. The van der Waals surface area contributed by atoms with Crippen molar-refractivity contribution in [1.29, 1.82) is 0 Å². The lowest BCUT2D eigenvalue weighted by molar-refractivity contribution is -0.114. The molecule has 1 aliphatic heterocycles. The first-order chi connectivity index (χ1) is 12.4. The molecule has 9 heteroatoms. The molecule has 0 bridgehead atoms. The number of carbonyl (C=O) groups excluding carboxylic acids is 1. The van der Waals surface area contributed by atoms with Gasteiger partial charge in [0.1, 0.15) is 0 Å². The molecule has 0 aliphatic carbocycles. The fourth-order valence-corrected chi connectivity index (χ4v) is 3.79. The Labute approximate surface area is 152 Å². The topological polar surface area (TPSA) is 104 Å². The monoisotopic (exact) mass is 375 g/mol. The number of hydrogen-bond donors (Lipinski definition) is 2. The maximum Gasteiger partial charge on any atom is 0.263 e. The van der Waals surface area contributed by atoms with E-state index < -0.39 is 10.0 Å². The van der Waals surface area contributed by atoms with Crippen molar-refractivity contribution in [3.05, 3.63) is 36.4 Å². The van der Waals surface area contributed by atoms with Gasteiger partial charge in [0.25, 0.3) is 10.0 Å². The van der Waals surface area contributed by atoms with Crippen molar-refractivity contribution in [3.63, 3.8) is 0 Å². The van der Waals surface area contributed by atoms with Crippen LogP contribution in [0.3, 0.4) is 0 Å². The standard InChI is InChI=1S/C17H21N5O3S/c1-13(23)18-14-5-7-15(8-6-14)26(24,25)21-16-9-10-17(20-19-16)22-11-3-2-4-12-22/h5-10H,2-4,11-12H2,1H3,(H,18,23)(H,19,21). The predicted octanol–water partition coefficient (Wildman–Crippen LogP) is 2.23. The van der Waals surface area contributed by atoms with E-state index in [9.17, 15) is 13.2 Å². The van der Waals surface area contributed by atoms with Crippen LogP contribution in [0.5, 0.6) is 0 Å². The van der Waals surface area contributed by atoms with E-state index >= 15 is 0 Å². The van der Waals surface area contributed by atoms with E-state index in [1.807, 2.05) is 0 Å². The van der Waals surface area contributed by atoms with Gasteiger partial charge in [-0.3, -0.25) is 9.52 Å². The molecule has 3 rings (SSSR count). The normalized spacial score (nSPS) is 14.7. The summed E-state index contributed by atoms with van der Waals surface area (Å²) in [6, 6.07) is 9.28. The number of nitrogens with one attached hydrogen (secondary N) is 2. The minimum absolute atomic E-state index is 0.0773. The molecule has 8 nitrogen and oxygen atoms in total. The summed E-state index contributed by atoms with van der Waals surface area (Å²) in [5.41, 5.74) is 0.530. The van der Waals surface area contributed by atoms with Crippen LogP contribution in [0.15, 0.2) is 41.3 Å². The minimum Gasteiger partial charge on any atom is -0.355 e. The molecule has 0 spiro atoms. The SMILES string of the molecule is CC(=O)Nc1ccc(S(=O)(=O)Nc2ccc(N3CCCCC3)nn2)cc1. The molecule has 2 aromatic rings. The highest BCUT2D eigenvalue weighted by atomic mass is 32.2. The van der Waals surface area contributed by atoms with E-state index in [2.05, 4.69) is 25.1 Å². The lowest BCUT2D eigenvalue weighted by Crippen LogP contribution is -2.30. The highest BCUT2D eigenvalue weighted by molar-refractivity contribution is 7.92. The van der Waals surface area contributed by atoms with E-state index in [-0.39, 0.29) is 16.6 Å². The van der Waals surface area contributed by atoms with Crippen molar-refractivity contribution in [2.75, 3.05) is 28.0 Å². The van der Waals surface area contributed by atoms with Crippen LogP contribution >= 0.6 is 0 Å². The van der Waals surface area contributed by atoms with Crippen molar-refractivity contribution in [3.8, 4) is 0 Å². The first-order valence-electron chi connectivity index (χ1n) is 8.43. The van der Waals surface area contributed by atoms with Gasteiger partial charge < -0.3 is 10.2 Å². The van der Waals surface area contributed by atoms with E-state index in [0.717, 1.165) is 31.7 Å². The van der Waals surface area contributed by atoms with Gasteiger partial charge in [-0.05, 0) is 55.7 Å². The Kier molecular flexibility index (Phi) is 5.36. The lowest BCUT2D eigenvalue weighted by atomic mass is 10.1. The second-order valence-electron chi connectivity index (χ2n) is 6.14. The van der Waals surface area contributed by atoms with Crippen molar-refractivity contribution in [2.24, 2.45) is 0 Å². The summed E-state index contributed by atoms with van der Waals surface area (Å²) in [5, 5.41) is 10.7. The number of benzene rings is 1. The Morgan fingerprint density at radius 2 is 1.69 bits per heavy atom. The van der Waals surface area contributed by atoms with Crippen LogP contribution in [0, 0.1) is 0 Å². The smallest absolute Gasteiger partial charge is 0.263 e. The van der Waals surface area contributed by atoms with Crippen LogP contribution < -0.4 is 14.9 Å². The highest BCUT2D eigenvalue weighted by Gasteiger charge is 2.17.